The molecule has 1 aliphatic rings. The monoisotopic (exact) mass is 393 g/mol. The molecule has 0 bridgehead atoms. The Bertz CT molecular complexity index is 1240. The maximum atomic E-state index is 13.6. The van der Waals surface area contributed by atoms with Crippen molar-refractivity contribution in [1.29, 1.82) is 0 Å². The molecule has 0 spiro atoms. The number of alkyl halides is 1. The van der Waals surface area contributed by atoms with Crippen LogP contribution in [0.3, 0.4) is 0 Å². The molecule has 4 heterocycles. The van der Waals surface area contributed by atoms with Crippen molar-refractivity contribution >= 4 is 28.4 Å². The third-order valence-electron chi connectivity index (χ3n) is 5.49. The SMILES string of the molecule is CNc1cc(-c2cn(C)c3ncccc23)nc2c(C(=O)NC3CC[C@@H]3F)cnn12. The molecule has 1 aliphatic carbocycles. The number of hydrogen-bond donors (Lipinski definition) is 2. The van der Waals surface area contributed by atoms with Gasteiger partial charge in [-0.05, 0) is 25.0 Å². The second-order valence-electron chi connectivity index (χ2n) is 7.27. The summed E-state index contributed by atoms with van der Waals surface area (Å²) >= 11 is 0. The largest absolute Gasteiger partial charge is 0.373 e. The Balaban J connectivity index is 1.64. The molecule has 29 heavy (non-hydrogen) atoms. The first-order chi connectivity index (χ1) is 14.1. The van der Waals surface area contributed by atoms with Crippen LogP contribution in [0.4, 0.5) is 10.2 Å². The van der Waals surface area contributed by atoms with Gasteiger partial charge in [0.15, 0.2) is 5.65 Å². The summed E-state index contributed by atoms with van der Waals surface area (Å²) in [5.74, 6) is 0.329. The molecule has 0 saturated heterocycles. The third kappa shape index (κ3) is 2.72. The zero-order valence-corrected chi connectivity index (χ0v) is 16.1. The number of aryl methyl sites for hydroxylation is 1. The molecule has 1 amide bonds. The summed E-state index contributed by atoms with van der Waals surface area (Å²) in [7, 11) is 3.72. The molecule has 1 saturated carbocycles. The Kier molecular flexibility index (Phi) is 3.97. The van der Waals surface area contributed by atoms with Crippen LogP contribution in [0.25, 0.3) is 27.9 Å². The number of hydrogen-bond acceptors (Lipinski definition) is 5. The van der Waals surface area contributed by atoms with Gasteiger partial charge in [-0.15, -0.1) is 0 Å². The summed E-state index contributed by atoms with van der Waals surface area (Å²) in [4.78, 5) is 21.9. The van der Waals surface area contributed by atoms with Crippen molar-refractivity contribution in [2.75, 3.05) is 12.4 Å². The Hall–Kier alpha value is -3.49. The summed E-state index contributed by atoms with van der Waals surface area (Å²) in [5, 5.41) is 11.1. The average molecular weight is 393 g/mol. The van der Waals surface area contributed by atoms with E-state index in [0.29, 0.717) is 35.6 Å². The standard InChI is InChI=1S/C20H20FN7O/c1-22-17-8-16(13-10-27(2)18-11(13)4-3-7-23-18)25-19-12(9-24-28(17)19)20(29)26-15-6-5-14(15)21/h3-4,7-10,14-15,22H,5-6H2,1-2H3,(H,26,29)/t14-,15?/m0/s1. The number of carbonyl (C=O) groups excluding carboxylic acids is 1. The third-order valence-corrected chi connectivity index (χ3v) is 5.49. The maximum absolute atomic E-state index is 13.6. The van der Waals surface area contributed by atoms with Gasteiger partial charge >= 0.3 is 0 Å². The smallest absolute Gasteiger partial charge is 0.257 e. The van der Waals surface area contributed by atoms with Gasteiger partial charge in [-0.2, -0.15) is 9.61 Å². The summed E-state index contributed by atoms with van der Waals surface area (Å²) < 4.78 is 17.1. The molecule has 4 aromatic heterocycles. The van der Waals surface area contributed by atoms with E-state index in [1.165, 1.54) is 6.20 Å². The lowest BCUT2D eigenvalue weighted by atomic mass is 9.90. The molecule has 0 aromatic carbocycles. The molecule has 148 valence electrons. The molecule has 9 heteroatoms. The fourth-order valence-electron chi connectivity index (χ4n) is 3.72. The number of nitrogens with zero attached hydrogens (tertiary/aromatic N) is 5. The van der Waals surface area contributed by atoms with Gasteiger partial charge in [0.05, 0.1) is 17.9 Å². The fourth-order valence-corrected chi connectivity index (χ4v) is 3.72. The van der Waals surface area contributed by atoms with E-state index in [-0.39, 0.29) is 5.91 Å². The number of halogens is 1. The van der Waals surface area contributed by atoms with E-state index >= 15 is 0 Å². The minimum atomic E-state index is -0.986. The highest BCUT2D eigenvalue weighted by molar-refractivity contribution is 6.01. The van der Waals surface area contributed by atoms with Crippen LogP contribution in [0, 0.1) is 0 Å². The van der Waals surface area contributed by atoms with Crippen molar-refractivity contribution in [3.8, 4) is 11.3 Å². The highest BCUT2D eigenvalue weighted by Gasteiger charge is 2.33. The summed E-state index contributed by atoms with van der Waals surface area (Å²) in [6, 6.07) is 5.32. The molecular formula is C20H20FN7O. The summed E-state index contributed by atoms with van der Waals surface area (Å²) in [6.45, 7) is 0. The number of pyridine rings is 1. The van der Waals surface area contributed by atoms with Gasteiger partial charge < -0.3 is 15.2 Å². The van der Waals surface area contributed by atoms with Gasteiger partial charge in [0.2, 0.25) is 0 Å². The molecule has 2 N–H and O–H groups in total. The zero-order chi connectivity index (χ0) is 20.1. The number of nitrogens with one attached hydrogen (secondary N) is 2. The summed E-state index contributed by atoms with van der Waals surface area (Å²) in [6.07, 6.45) is 5.34. The van der Waals surface area contributed by atoms with E-state index in [9.17, 15) is 9.18 Å². The number of aromatic nitrogens is 5. The van der Waals surface area contributed by atoms with Crippen LogP contribution < -0.4 is 10.6 Å². The molecule has 5 rings (SSSR count). The number of amides is 1. The highest BCUT2D eigenvalue weighted by Crippen LogP contribution is 2.30. The summed E-state index contributed by atoms with van der Waals surface area (Å²) in [5.41, 5.74) is 3.19. The molecule has 2 atom stereocenters. The van der Waals surface area contributed by atoms with Gasteiger partial charge in [0.25, 0.3) is 5.91 Å². The van der Waals surface area contributed by atoms with Crippen LogP contribution in [0.15, 0.2) is 36.8 Å². The normalized spacial score (nSPS) is 18.7. The van der Waals surface area contributed by atoms with Crippen molar-refractivity contribution in [2.24, 2.45) is 7.05 Å². The van der Waals surface area contributed by atoms with Gasteiger partial charge in [0, 0.05) is 43.5 Å². The molecule has 8 nitrogen and oxygen atoms in total. The van der Waals surface area contributed by atoms with Crippen molar-refractivity contribution in [3.05, 3.63) is 42.4 Å². The lowest BCUT2D eigenvalue weighted by Gasteiger charge is -2.30. The van der Waals surface area contributed by atoms with Gasteiger partial charge in [-0.3, -0.25) is 4.79 Å². The highest BCUT2D eigenvalue weighted by atomic mass is 19.1. The number of carbonyl (C=O) groups is 1. The van der Waals surface area contributed by atoms with Crippen LogP contribution in [-0.2, 0) is 7.05 Å². The Labute approximate surface area is 165 Å². The molecule has 4 aromatic rings. The Morgan fingerprint density at radius 1 is 1.31 bits per heavy atom. The predicted molar refractivity (Wildman–Crippen MR) is 108 cm³/mol. The van der Waals surface area contributed by atoms with E-state index in [2.05, 4.69) is 20.7 Å². The first kappa shape index (κ1) is 17.6. The fraction of sp³-hybridized carbons (Fsp3) is 0.300. The predicted octanol–water partition coefficient (Wildman–Crippen LogP) is 2.56. The van der Waals surface area contributed by atoms with Gasteiger partial charge in [0.1, 0.15) is 23.2 Å². The van der Waals surface area contributed by atoms with Crippen molar-refractivity contribution in [3.63, 3.8) is 0 Å². The van der Waals surface area contributed by atoms with Gasteiger partial charge in [-0.1, -0.05) is 0 Å². The number of anilines is 1. The quantitative estimate of drug-likeness (QED) is 0.556. The van der Waals surface area contributed by atoms with E-state index in [4.69, 9.17) is 4.98 Å². The lowest BCUT2D eigenvalue weighted by molar-refractivity contribution is 0.0826. The minimum absolute atomic E-state index is 0.320. The first-order valence-corrected chi connectivity index (χ1v) is 9.48. The maximum Gasteiger partial charge on any atom is 0.257 e. The van der Waals surface area contributed by atoms with Crippen LogP contribution in [-0.4, -0.2) is 49.3 Å². The molecule has 0 radical (unpaired) electrons. The molecule has 1 unspecified atom stereocenters. The van der Waals surface area contributed by atoms with E-state index < -0.39 is 12.2 Å². The second kappa shape index (κ2) is 6.54. The number of fused-ring (bicyclic) bond motifs is 2. The van der Waals surface area contributed by atoms with Crippen molar-refractivity contribution in [2.45, 2.75) is 25.1 Å². The minimum Gasteiger partial charge on any atom is -0.373 e. The first-order valence-electron chi connectivity index (χ1n) is 9.48. The lowest BCUT2D eigenvalue weighted by Crippen LogP contribution is -2.48. The second-order valence-corrected chi connectivity index (χ2v) is 7.27. The zero-order valence-electron chi connectivity index (χ0n) is 16.1. The average Bonchev–Trinajstić information content (AvgIpc) is 3.31. The van der Waals surface area contributed by atoms with Crippen LogP contribution in [0.1, 0.15) is 23.2 Å². The molecule has 0 aliphatic heterocycles. The van der Waals surface area contributed by atoms with Crippen molar-refractivity contribution in [1.82, 2.24) is 29.5 Å². The van der Waals surface area contributed by atoms with Crippen LogP contribution in [0.2, 0.25) is 0 Å². The number of rotatable bonds is 4. The topological polar surface area (TPSA) is 89.1 Å². The van der Waals surface area contributed by atoms with Crippen molar-refractivity contribution < 1.29 is 9.18 Å². The Morgan fingerprint density at radius 3 is 2.90 bits per heavy atom. The van der Waals surface area contributed by atoms with E-state index in [1.807, 2.05) is 36.0 Å². The van der Waals surface area contributed by atoms with E-state index in [1.54, 1.807) is 17.8 Å². The van der Waals surface area contributed by atoms with Crippen LogP contribution in [0.5, 0.6) is 0 Å². The van der Waals surface area contributed by atoms with E-state index in [0.717, 1.165) is 16.6 Å². The molecular weight excluding hydrogens is 373 g/mol. The van der Waals surface area contributed by atoms with Gasteiger partial charge in [-0.25, -0.2) is 14.4 Å². The van der Waals surface area contributed by atoms with Crippen LogP contribution >= 0.6 is 0 Å². The molecule has 1 fully saturated rings. The Morgan fingerprint density at radius 2 is 2.17 bits per heavy atom.